The molecule has 0 aromatic heterocycles. The summed E-state index contributed by atoms with van der Waals surface area (Å²) in [7, 11) is 2.05. The minimum atomic E-state index is 0.350. The summed E-state index contributed by atoms with van der Waals surface area (Å²) in [4.78, 5) is 2.62. The van der Waals surface area contributed by atoms with Crippen molar-refractivity contribution in [2.75, 3.05) is 26.7 Å². The molecule has 2 heteroatoms. The summed E-state index contributed by atoms with van der Waals surface area (Å²) in [5, 5.41) is 3.33. The molecule has 1 aliphatic heterocycles. The summed E-state index contributed by atoms with van der Waals surface area (Å²) in [6.45, 7) is 15.0. The number of rotatable bonds is 4. The zero-order chi connectivity index (χ0) is 13.1. The van der Waals surface area contributed by atoms with Crippen LogP contribution in [0.5, 0.6) is 0 Å². The molecule has 0 saturated heterocycles. The Morgan fingerprint density at radius 3 is 2.35 bits per heavy atom. The molecular weight excluding hydrogens is 208 g/mol. The van der Waals surface area contributed by atoms with Crippen molar-refractivity contribution in [1.82, 2.24) is 10.2 Å². The topological polar surface area (TPSA) is 15.3 Å². The van der Waals surface area contributed by atoms with Crippen molar-refractivity contribution >= 4 is 0 Å². The molecule has 0 fully saturated rings. The van der Waals surface area contributed by atoms with Crippen LogP contribution in [-0.4, -0.2) is 37.6 Å². The van der Waals surface area contributed by atoms with Crippen LogP contribution in [0, 0.1) is 11.3 Å². The third-order valence-corrected chi connectivity index (χ3v) is 3.86. The van der Waals surface area contributed by atoms with E-state index >= 15 is 0 Å². The Morgan fingerprint density at radius 1 is 1.35 bits per heavy atom. The normalized spacial score (nSPS) is 20.5. The maximum atomic E-state index is 3.33. The average Bonchev–Trinajstić information content (AvgIpc) is 2.24. The summed E-state index contributed by atoms with van der Waals surface area (Å²) in [5.41, 5.74) is 1.98. The largest absolute Gasteiger partial charge is 0.318 e. The van der Waals surface area contributed by atoms with E-state index in [0.29, 0.717) is 17.4 Å². The van der Waals surface area contributed by atoms with Crippen LogP contribution in [0.15, 0.2) is 11.6 Å². The summed E-state index contributed by atoms with van der Waals surface area (Å²) >= 11 is 0. The first-order valence-corrected chi connectivity index (χ1v) is 6.94. The van der Waals surface area contributed by atoms with E-state index in [2.05, 4.69) is 58.0 Å². The molecular formula is C15H30N2. The van der Waals surface area contributed by atoms with Crippen molar-refractivity contribution in [3.8, 4) is 0 Å². The van der Waals surface area contributed by atoms with Crippen LogP contribution in [0.3, 0.4) is 0 Å². The van der Waals surface area contributed by atoms with Gasteiger partial charge in [-0.2, -0.15) is 0 Å². The second kappa shape index (κ2) is 6.01. The maximum Gasteiger partial charge on any atom is 0.0246 e. The number of nitrogens with zero attached hydrogens (tertiary/aromatic N) is 1. The van der Waals surface area contributed by atoms with E-state index in [1.807, 2.05) is 0 Å². The molecule has 0 radical (unpaired) electrons. The molecule has 100 valence electrons. The second-order valence-corrected chi connectivity index (χ2v) is 6.59. The van der Waals surface area contributed by atoms with Gasteiger partial charge in [0.2, 0.25) is 0 Å². The maximum absolute atomic E-state index is 3.33. The highest BCUT2D eigenvalue weighted by atomic mass is 15.2. The number of hydrogen-bond acceptors (Lipinski definition) is 2. The zero-order valence-corrected chi connectivity index (χ0v) is 12.5. The molecule has 0 aromatic rings. The average molecular weight is 238 g/mol. The van der Waals surface area contributed by atoms with Crippen molar-refractivity contribution < 1.29 is 0 Å². The molecule has 1 unspecified atom stereocenters. The van der Waals surface area contributed by atoms with E-state index in [9.17, 15) is 0 Å². The van der Waals surface area contributed by atoms with Crippen LogP contribution in [0.1, 0.15) is 41.0 Å². The van der Waals surface area contributed by atoms with Crippen LogP contribution in [0.25, 0.3) is 0 Å². The van der Waals surface area contributed by atoms with Gasteiger partial charge >= 0.3 is 0 Å². The van der Waals surface area contributed by atoms with Gasteiger partial charge in [0, 0.05) is 25.7 Å². The second-order valence-electron chi connectivity index (χ2n) is 6.59. The van der Waals surface area contributed by atoms with Crippen molar-refractivity contribution in [2.45, 2.75) is 47.1 Å². The van der Waals surface area contributed by atoms with Crippen molar-refractivity contribution in [3.05, 3.63) is 11.6 Å². The fourth-order valence-corrected chi connectivity index (χ4v) is 2.66. The van der Waals surface area contributed by atoms with Gasteiger partial charge in [0.05, 0.1) is 0 Å². The van der Waals surface area contributed by atoms with Crippen LogP contribution in [0.4, 0.5) is 0 Å². The quantitative estimate of drug-likeness (QED) is 0.758. The molecule has 1 heterocycles. The highest BCUT2D eigenvalue weighted by Crippen LogP contribution is 2.31. The Balaban J connectivity index is 2.63. The lowest BCUT2D eigenvalue weighted by Crippen LogP contribution is -2.47. The minimum Gasteiger partial charge on any atom is -0.318 e. The van der Waals surface area contributed by atoms with Gasteiger partial charge in [0.15, 0.2) is 0 Å². The predicted molar refractivity (Wildman–Crippen MR) is 76.3 cm³/mol. The predicted octanol–water partition coefficient (Wildman–Crippen LogP) is 2.91. The van der Waals surface area contributed by atoms with Gasteiger partial charge in [-0.15, -0.1) is 0 Å². The van der Waals surface area contributed by atoms with Gasteiger partial charge in [-0.3, -0.25) is 4.90 Å². The Morgan fingerprint density at radius 2 is 2.00 bits per heavy atom. The zero-order valence-electron chi connectivity index (χ0n) is 12.5. The van der Waals surface area contributed by atoms with Gasteiger partial charge in [-0.05, 0) is 24.8 Å². The first-order chi connectivity index (χ1) is 7.86. The molecule has 1 aliphatic rings. The summed E-state index contributed by atoms with van der Waals surface area (Å²) in [5.74, 6) is 0.715. The highest BCUT2D eigenvalue weighted by molar-refractivity contribution is 5.15. The van der Waals surface area contributed by atoms with E-state index in [4.69, 9.17) is 0 Å². The highest BCUT2D eigenvalue weighted by Gasteiger charge is 2.26. The van der Waals surface area contributed by atoms with E-state index in [1.165, 1.54) is 13.0 Å². The molecule has 0 aliphatic carbocycles. The Bertz CT molecular complexity index is 261. The molecule has 0 spiro atoms. The molecule has 17 heavy (non-hydrogen) atoms. The first-order valence-electron chi connectivity index (χ1n) is 6.94. The standard InChI is InChI=1S/C15H30N2/c1-12(2)14(11-16-6)17-9-7-13(8-10-17)15(3,4)5/h7,12,14,16H,8-11H2,1-6H3. The third kappa shape index (κ3) is 4.11. The van der Waals surface area contributed by atoms with E-state index in [1.54, 1.807) is 5.57 Å². The van der Waals surface area contributed by atoms with Crippen LogP contribution in [-0.2, 0) is 0 Å². The first kappa shape index (κ1) is 14.7. The molecule has 0 amide bonds. The molecule has 2 nitrogen and oxygen atoms in total. The van der Waals surface area contributed by atoms with Gasteiger partial charge in [0.1, 0.15) is 0 Å². The molecule has 1 N–H and O–H groups in total. The molecule has 0 saturated carbocycles. The Kier molecular flexibility index (Phi) is 5.21. The van der Waals surface area contributed by atoms with Crippen molar-refractivity contribution in [3.63, 3.8) is 0 Å². The number of nitrogens with one attached hydrogen (secondary N) is 1. The van der Waals surface area contributed by atoms with Gasteiger partial charge < -0.3 is 5.32 Å². The third-order valence-electron chi connectivity index (χ3n) is 3.86. The van der Waals surface area contributed by atoms with Crippen LogP contribution < -0.4 is 5.32 Å². The summed E-state index contributed by atoms with van der Waals surface area (Å²) in [6.07, 6.45) is 3.69. The van der Waals surface area contributed by atoms with Crippen molar-refractivity contribution in [1.29, 1.82) is 0 Å². The lowest BCUT2D eigenvalue weighted by molar-refractivity contribution is 0.160. The Hall–Kier alpha value is -0.340. The van der Waals surface area contributed by atoms with E-state index < -0.39 is 0 Å². The Labute approximate surface area is 107 Å². The van der Waals surface area contributed by atoms with Gasteiger partial charge in [0.25, 0.3) is 0 Å². The van der Waals surface area contributed by atoms with Crippen LogP contribution >= 0.6 is 0 Å². The van der Waals surface area contributed by atoms with Crippen LogP contribution in [0.2, 0.25) is 0 Å². The lowest BCUT2D eigenvalue weighted by Gasteiger charge is -2.38. The molecule has 1 rings (SSSR count). The smallest absolute Gasteiger partial charge is 0.0246 e. The fraction of sp³-hybridized carbons (Fsp3) is 0.867. The lowest BCUT2D eigenvalue weighted by atomic mass is 9.82. The fourth-order valence-electron chi connectivity index (χ4n) is 2.66. The van der Waals surface area contributed by atoms with Gasteiger partial charge in [-0.1, -0.05) is 46.3 Å². The molecule has 0 aromatic carbocycles. The molecule has 1 atom stereocenters. The minimum absolute atomic E-state index is 0.350. The number of likely N-dealkylation sites (N-methyl/N-ethyl adjacent to an activating group) is 1. The summed E-state index contributed by atoms with van der Waals surface area (Å²) < 4.78 is 0. The number of hydrogen-bond donors (Lipinski definition) is 1. The monoisotopic (exact) mass is 238 g/mol. The SMILES string of the molecule is CNCC(C(C)C)N1CC=C(C(C)(C)C)CC1. The van der Waals surface area contributed by atoms with Crippen molar-refractivity contribution in [2.24, 2.45) is 11.3 Å². The summed E-state index contributed by atoms with van der Waals surface area (Å²) in [6, 6.07) is 0.665. The van der Waals surface area contributed by atoms with Gasteiger partial charge in [-0.25, -0.2) is 0 Å². The van der Waals surface area contributed by atoms with E-state index in [0.717, 1.165) is 13.1 Å². The van der Waals surface area contributed by atoms with E-state index in [-0.39, 0.29) is 0 Å². The molecule has 0 bridgehead atoms.